The number of hydrogen-bond donors (Lipinski definition) is 1. The number of carbonyl (C=O) groups excluding carboxylic acids is 1. The summed E-state index contributed by atoms with van der Waals surface area (Å²) in [5, 5.41) is 3.92. The van der Waals surface area contributed by atoms with E-state index in [-0.39, 0.29) is 11.9 Å². The smallest absolute Gasteiger partial charge is 0.307 e. The van der Waals surface area contributed by atoms with Gasteiger partial charge in [0.05, 0.1) is 25.7 Å². The lowest BCUT2D eigenvalue weighted by Gasteiger charge is -2.15. The largest absolute Gasteiger partial charge is 0.493 e. The molecule has 2 rings (SSSR count). The maximum Gasteiger partial charge on any atom is 0.307 e. The molecule has 6 heteroatoms. The predicted molar refractivity (Wildman–Crippen MR) is 82.5 cm³/mol. The van der Waals surface area contributed by atoms with Crippen LogP contribution in [0.2, 0.25) is 0 Å². The minimum atomic E-state index is -0.421. The van der Waals surface area contributed by atoms with Gasteiger partial charge in [0.15, 0.2) is 17.3 Å². The Morgan fingerprint density at radius 2 is 2.14 bits per heavy atom. The maximum absolute atomic E-state index is 11.7. The molecular formula is C16H18N2O4. The number of carbonyl (C=O) groups is 1. The Labute approximate surface area is 128 Å². The molecule has 2 aromatic rings. The van der Waals surface area contributed by atoms with E-state index in [1.807, 2.05) is 26.0 Å². The van der Waals surface area contributed by atoms with Gasteiger partial charge in [-0.3, -0.25) is 4.79 Å². The molecule has 6 nitrogen and oxygen atoms in total. The van der Waals surface area contributed by atoms with Crippen LogP contribution in [0, 0.1) is 0 Å². The predicted octanol–water partition coefficient (Wildman–Crippen LogP) is 2.84. The van der Waals surface area contributed by atoms with Crippen molar-refractivity contribution in [2.45, 2.75) is 20.0 Å². The molecule has 1 heterocycles. The number of nitrogens with zero attached hydrogens (tertiary/aromatic N) is 1. The molecule has 116 valence electrons. The quantitative estimate of drug-likeness (QED) is 0.658. The van der Waals surface area contributed by atoms with E-state index in [2.05, 4.69) is 10.5 Å². The first kappa shape index (κ1) is 15.6. The molecule has 0 atom stereocenters. The number of rotatable bonds is 6. The molecule has 0 saturated carbocycles. The van der Waals surface area contributed by atoms with Gasteiger partial charge in [0.2, 0.25) is 0 Å². The summed E-state index contributed by atoms with van der Waals surface area (Å²) in [5.41, 5.74) is 3.09. The van der Waals surface area contributed by atoms with Gasteiger partial charge in [-0.05, 0) is 38.1 Å². The normalized spacial score (nSPS) is 10.9. The molecule has 0 radical (unpaired) electrons. The highest BCUT2D eigenvalue weighted by Gasteiger charge is 2.11. The Hall–Kier alpha value is -2.76. The first-order chi connectivity index (χ1) is 10.6. The van der Waals surface area contributed by atoms with Crippen LogP contribution in [0.4, 0.5) is 0 Å². The standard InChI is InChI=1S/C16H18N2O4/c1-11(2)22-15-12(6-4-7-13(15)20-3)10-17-18-16(19)14-8-5-9-21-14/h4-11H,1-3H3,(H,18,19)/b17-10+. The number of nitrogens with one attached hydrogen (secondary N) is 1. The molecule has 0 unspecified atom stereocenters. The summed E-state index contributed by atoms with van der Waals surface area (Å²) in [5.74, 6) is 0.961. The lowest BCUT2D eigenvalue weighted by molar-refractivity contribution is 0.0927. The monoisotopic (exact) mass is 302 g/mol. The minimum Gasteiger partial charge on any atom is -0.493 e. The SMILES string of the molecule is COc1cccc(/C=N/NC(=O)c2ccco2)c1OC(C)C. The molecule has 1 aromatic carbocycles. The van der Waals surface area contributed by atoms with E-state index in [0.717, 1.165) is 0 Å². The zero-order chi connectivity index (χ0) is 15.9. The van der Waals surface area contributed by atoms with Crippen LogP contribution in [0.15, 0.2) is 46.1 Å². The fraction of sp³-hybridized carbons (Fsp3) is 0.250. The highest BCUT2D eigenvalue weighted by molar-refractivity contribution is 5.92. The summed E-state index contributed by atoms with van der Waals surface area (Å²) in [6.07, 6.45) is 2.91. The number of para-hydroxylation sites is 1. The number of benzene rings is 1. The Morgan fingerprint density at radius 1 is 1.32 bits per heavy atom. The van der Waals surface area contributed by atoms with E-state index >= 15 is 0 Å². The molecule has 1 aromatic heterocycles. The first-order valence-electron chi connectivity index (χ1n) is 6.82. The Kier molecular flexibility index (Phi) is 5.19. The number of furan rings is 1. The zero-order valence-electron chi connectivity index (χ0n) is 12.7. The van der Waals surface area contributed by atoms with Crippen LogP contribution >= 0.6 is 0 Å². The van der Waals surface area contributed by atoms with Crippen LogP contribution in [0.1, 0.15) is 30.0 Å². The van der Waals surface area contributed by atoms with Crippen molar-refractivity contribution < 1.29 is 18.7 Å². The van der Waals surface area contributed by atoms with Gasteiger partial charge in [-0.25, -0.2) is 5.43 Å². The van der Waals surface area contributed by atoms with E-state index in [9.17, 15) is 4.79 Å². The van der Waals surface area contributed by atoms with Gasteiger partial charge in [0.1, 0.15) is 0 Å². The molecule has 0 aliphatic carbocycles. The summed E-state index contributed by atoms with van der Waals surface area (Å²) in [4.78, 5) is 11.7. The van der Waals surface area contributed by atoms with Crippen LogP contribution in [-0.4, -0.2) is 25.3 Å². The van der Waals surface area contributed by atoms with Crippen molar-refractivity contribution in [3.8, 4) is 11.5 Å². The molecule has 22 heavy (non-hydrogen) atoms. The molecular weight excluding hydrogens is 284 g/mol. The third-order valence-electron chi connectivity index (χ3n) is 2.70. The first-order valence-corrected chi connectivity index (χ1v) is 6.82. The average Bonchev–Trinajstić information content (AvgIpc) is 3.02. The van der Waals surface area contributed by atoms with Gasteiger partial charge in [0, 0.05) is 5.56 Å². The minimum absolute atomic E-state index is 0.0128. The number of ether oxygens (including phenoxy) is 2. The summed E-state index contributed by atoms with van der Waals surface area (Å²) in [6.45, 7) is 3.85. The van der Waals surface area contributed by atoms with E-state index in [0.29, 0.717) is 17.1 Å². The number of hydrogen-bond acceptors (Lipinski definition) is 5. The molecule has 0 aliphatic heterocycles. The molecule has 0 fully saturated rings. The lowest BCUT2D eigenvalue weighted by atomic mass is 10.2. The van der Waals surface area contributed by atoms with Crippen molar-refractivity contribution in [2.24, 2.45) is 5.10 Å². The summed E-state index contributed by atoms with van der Waals surface area (Å²) in [6, 6.07) is 8.64. The van der Waals surface area contributed by atoms with Crippen molar-refractivity contribution in [3.05, 3.63) is 47.9 Å². The molecule has 0 aliphatic rings. The fourth-order valence-electron chi connectivity index (χ4n) is 1.78. The van der Waals surface area contributed by atoms with Crippen LogP contribution in [0.3, 0.4) is 0 Å². The van der Waals surface area contributed by atoms with Gasteiger partial charge in [0.25, 0.3) is 0 Å². The fourth-order valence-corrected chi connectivity index (χ4v) is 1.78. The Balaban J connectivity index is 2.14. The van der Waals surface area contributed by atoms with Crippen molar-refractivity contribution >= 4 is 12.1 Å². The van der Waals surface area contributed by atoms with Crippen molar-refractivity contribution in [3.63, 3.8) is 0 Å². The lowest BCUT2D eigenvalue weighted by Crippen LogP contribution is -2.17. The second-order valence-corrected chi connectivity index (χ2v) is 4.72. The van der Waals surface area contributed by atoms with Gasteiger partial charge < -0.3 is 13.9 Å². The van der Waals surface area contributed by atoms with Gasteiger partial charge in [-0.15, -0.1) is 0 Å². The van der Waals surface area contributed by atoms with E-state index in [4.69, 9.17) is 13.9 Å². The molecule has 0 saturated heterocycles. The number of methoxy groups -OCH3 is 1. The highest BCUT2D eigenvalue weighted by atomic mass is 16.5. The van der Waals surface area contributed by atoms with Crippen molar-refractivity contribution in [1.82, 2.24) is 5.43 Å². The van der Waals surface area contributed by atoms with E-state index in [1.165, 1.54) is 12.5 Å². The summed E-state index contributed by atoms with van der Waals surface area (Å²) < 4.78 is 16.0. The van der Waals surface area contributed by atoms with Gasteiger partial charge in [-0.2, -0.15) is 5.10 Å². The maximum atomic E-state index is 11.7. The van der Waals surface area contributed by atoms with E-state index in [1.54, 1.807) is 25.3 Å². The number of hydrazone groups is 1. The van der Waals surface area contributed by atoms with Crippen LogP contribution < -0.4 is 14.9 Å². The third-order valence-corrected chi connectivity index (χ3v) is 2.70. The van der Waals surface area contributed by atoms with Crippen LogP contribution in [0.25, 0.3) is 0 Å². The second-order valence-electron chi connectivity index (χ2n) is 4.72. The summed E-state index contributed by atoms with van der Waals surface area (Å²) >= 11 is 0. The third kappa shape index (κ3) is 3.88. The zero-order valence-corrected chi connectivity index (χ0v) is 12.7. The highest BCUT2D eigenvalue weighted by Crippen LogP contribution is 2.30. The van der Waals surface area contributed by atoms with Gasteiger partial charge in [-0.1, -0.05) is 6.07 Å². The molecule has 1 N–H and O–H groups in total. The van der Waals surface area contributed by atoms with Crippen molar-refractivity contribution in [2.75, 3.05) is 7.11 Å². The van der Waals surface area contributed by atoms with Crippen LogP contribution in [-0.2, 0) is 0 Å². The number of amides is 1. The Bertz CT molecular complexity index is 648. The molecule has 1 amide bonds. The Morgan fingerprint density at radius 3 is 2.77 bits per heavy atom. The molecule has 0 bridgehead atoms. The van der Waals surface area contributed by atoms with Crippen molar-refractivity contribution in [1.29, 1.82) is 0 Å². The summed E-state index contributed by atoms with van der Waals surface area (Å²) in [7, 11) is 1.57. The second kappa shape index (κ2) is 7.31. The topological polar surface area (TPSA) is 73.1 Å². The molecule has 0 spiro atoms. The van der Waals surface area contributed by atoms with E-state index < -0.39 is 5.91 Å². The average molecular weight is 302 g/mol. The van der Waals surface area contributed by atoms with Gasteiger partial charge >= 0.3 is 5.91 Å². The van der Waals surface area contributed by atoms with Crippen LogP contribution in [0.5, 0.6) is 11.5 Å².